The van der Waals surface area contributed by atoms with E-state index < -0.39 is 9.84 Å². The van der Waals surface area contributed by atoms with Gasteiger partial charge in [0.2, 0.25) is 15.7 Å². The van der Waals surface area contributed by atoms with Crippen molar-refractivity contribution in [2.45, 2.75) is 54.9 Å². The van der Waals surface area contributed by atoms with E-state index in [0.29, 0.717) is 5.69 Å². The van der Waals surface area contributed by atoms with Gasteiger partial charge in [-0.1, -0.05) is 37.0 Å². The number of rotatable bonds is 8. The zero-order valence-electron chi connectivity index (χ0n) is 18.2. The van der Waals surface area contributed by atoms with Crippen LogP contribution in [0.1, 0.15) is 37.7 Å². The number of amides is 1. The standard InChI is InChI=1S/C23H30N2O5S/c1-16-9-11-18(12-10-16)31(27,28)23-20(29-2)14-13-19(22(23)30-3)24-15-21(26)25-17-7-5-4-6-8-17/h9-14,17,24H,4-8,15H2,1-3H3,(H,25,26). The quantitative estimate of drug-likeness (QED) is 0.642. The Bertz CT molecular complexity index is 1010. The molecule has 2 aromatic rings. The Hall–Kier alpha value is -2.74. The maximum Gasteiger partial charge on any atom is 0.239 e. The minimum absolute atomic E-state index is 0.0171. The van der Waals surface area contributed by atoms with Gasteiger partial charge in [-0.05, 0) is 44.0 Å². The molecule has 1 fully saturated rings. The number of aryl methyl sites for hydroxylation is 1. The molecule has 0 heterocycles. The zero-order valence-corrected chi connectivity index (χ0v) is 19.1. The van der Waals surface area contributed by atoms with Crippen molar-refractivity contribution in [3.8, 4) is 11.5 Å². The molecule has 168 valence electrons. The number of hydrogen-bond donors (Lipinski definition) is 2. The minimum atomic E-state index is -3.92. The molecule has 0 spiro atoms. The summed E-state index contributed by atoms with van der Waals surface area (Å²) in [7, 11) is -1.11. The minimum Gasteiger partial charge on any atom is -0.495 e. The number of methoxy groups -OCH3 is 2. The predicted octanol–water partition coefficient (Wildman–Crippen LogP) is 3.71. The van der Waals surface area contributed by atoms with Gasteiger partial charge in [-0.25, -0.2) is 8.42 Å². The third-order valence-corrected chi connectivity index (χ3v) is 7.33. The van der Waals surface area contributed by atoms with Crippen molar-refractivity contribution in [1.29, 1.82) is 0 Å². The van der Waals surface area contributed by atoms with Gasteiger partial charge in [0.25, 0.3) is 0 Å². The van der Waals surface area contributed by atoms with Crippen LogP contribution in [0.25, 0.3) is 0 Å². The van der Waals surface area contributed by atoms with Gasteiger partial charge in [-0.3, -0.25) is 4.79 Å². The number of benzene rings is 2. The molecule has 8 heteroatoms. The second-order valence-electron chi connectivity index (χ2n) is 7.75. The summed E-state index contributed by atoms with van der Waals surface area (Å²) in [5.74, 6) is 0.160. The Morgan fingerprint density at radius 1 is 1.00 bits per heavy atom. The normalized spacial score (nSPS) is 14.7. The van der Waals surface area contributed by atoms with Crippen molar-refractivity contribution in [3.63, 3.8) is 0 Å². The van der Waals surface area contributed by atoms with E-state index in [4.69, 9.17) is 9.47 Å². The van der Waals surface area contributed by atoms with Crippen LogP contribution in [0.2, 0.25) is 0 Å². The van der Waals surface area contributed by atoms with E-state index in [1.807, 2.05) is 6.92 Å². The van der Waals surface area contributed by atoms with Gasteiger partial charge in [-0.15, -0.1) is 0 Å². The smallest absolute Gasteiger partial charge is 0.239 e. The van der Waals surface area contributed by atoms with E-state index in [0.717, 1.165) is 31.2 Å². The summed E-state index contributed by atoms with van der Waals surface area (Å²) < 4.78 is 37.6. The van der Waals surface area contributed by atoms with Crippen molar-refractivity contribution in [2.24, 2.45) is 0 Å². The van der Waals surface area contributed by atoms with Crippen LogP contribution in [0, 0.1) is 6.92 Å². The number of carbonyl (C=O) groups excluding carboxylic acids is 1. The molecular formula is C23H30N2O5S. The van der Waals surface area contributed by atoms with E-state index in [1.165, 1.54) is 20.6 Å². The lowest BCUT2D eigenvalue weighted by Crippen LogP contribution is -2.39. The first-order chi connectivity index (χ1) is 14.9. The van der Waals surface area contributed by atoms with Crippen LogP contribution in [0.5, 0.6) is 11.5 Å². The molecule has 0 atom stereocenters. The Morgan fingerprint density at radius 2 is 1.68 bits per heavy atom. The number of hydrogen-bond acceptors (Lipinski definition) is 6. The molecule has 0 bridgehead atoms. The summed E-state index contributed by atoms with van der Waals surface area (Å²) in [5.41, 5.74) is 1.37. The zero-order chi connectivity index (χ0) is 22.4. The number of sulfone groups is 1. The monoisotopic (exact) mass is 446 g/mol. The van der Waals surface area contributed by atoms with Gasteiger partial charge in [-0.2, -0.15) is 0 Å². The van der Waals surface area contributed by atoms with Gasteiger partial charge in [0.15, 0.2) is 10.6 Å². The first-order valence-corrected chi connectivity index (χ1v) is 11.9. The Kier molecular flexibility index (Phi) is 7.43. The fourth-order valence-electron chi connectivity index (χ4n) is 3.84. The highest BCUT2D eigenvalue weighted by molar-refractivity contribution is 7.91. The molecule has 1 aliphatic carbocycles. The second-order valence-corrected chi connectivity index (χ2v) is 9.64. The Morgan fingerprint density at radius 3 is 2.29 bits per heavy atom. The SMILES string of the molecule is COc1ccc(NCC(=O)NC2CCCCC2)c(OC)c1S(=O)(=O)c1ccc(C)cc1. The lowest BCUT2D eigenvalue weighted by molar-refractivity contribution is -0.120. The predicted molar refractivity (Wildman–Crippen MR) is 120 cm³/mol. The molecule has 0 radical (unpaired) electrons. The summed E-state index contributed by atoms with van der Waals surface area (Å²) in [6.07, 6.45) is 5.47. The van der Waals surface area contributed by atoms with Gasteiger partial charge >= 0.3 is 0 Å². The first-order valence-electron chi connectivity index (χ1n) is 10.5. The van der Waals surface area contributed by atoms with Crippen LogP contribution < -0.4 is 20.1 Å². The maximum absolute atomic E-state index is 13.4. The van der Waals surface area contributed by atoms with Gasteiger partial charge in [0.05, 0.1) is 31.3 Å². The Labute approximate surface area is 184 Å². The molecule has 0 aliphatic heterocycles. The largest absolute Gasteiger partial charge is 0.495 e. The fourth-order valence-corrected chi connectivity index (χ4v) is 5.42. The average molecular weight is 447 g/mol. The van der Waals surface area contributed by atoms with Crippen LogP contribution in [0.3, 0.4) is 0 Å². The highest BCUT2D eigenvalue weighted by Crippen LogP contribution is 2.42. The molecule has 1 saturated carbocycles. The average Bonchev–Trinajstić information content (AvgIpc) is 2.77. The van der Waals surface area contributed by atoms with Crippen molar-refractivity contribution < 1.29 is 22.7 Å². The summed E-state index contributed by atoms with van der Waals surface area (Å²) in [6.45, 7) is 1.91. The van der Waals surface area contributed by atoms with E-state index in [9.17, 15) is 13.2 Å². The van der Waals surface area contributed by atoms with Crippen molar-refractivity contribution >= 4 is 21.4 Å². The van der Waals surface area contributed by atoms with Crippen LogP contribution in [0.15, 0.2) is 46.2 Å². The highest BCUT2D eigenvalue weighted by Gasteiger charge is 2.29. The molecule has 1 amide bonds. The number of anilines is 1. The summed E-state index contributed by atoms with van der Waals surface area (Å²) in [5, 5.41) is 6.06. The van der Waals surface area contributed by atoms with Crippen molar-refractivity contribution in [2.75, 3.05) is 26.1 Å². The molecule has 2 aromatic carbocycles. The van der Waals surface area contributed by atoms with Crippen molar-refractivity contribution in [1.82, 2.24) is 5.32 Å². The third kappa shape index (κ3) is 5.31. The van der Waals surface area contributed by atoms with Crippen LogP contribution >= 0.6 is 0 Å². The molecule has 1 aliphatic rings. The second kappa shape index (κ2) is 10.0. The third-order valence-electron chi connectivity index (χ3n) is 5.51. The highest BCUT2D eigenvalue weighted by atomic mass is 32.2. The van der Waals surface area contributed by atoms with Crippen LogP contribution in [0.4, 0.5) is 5.69 Å². The molecule has 3 rings (SSSR count). The van der Waals surface area contributed by atoms with E-state index in [1.54, 1.807) is 36.4 Å². The maximum atomic E-state index is 13.4. The van der Waals surface area contributed by atoms with Gasteiger partial charge in [0, 0.05) is 6.04 Å². The lowest BCUT2D eigenvalue weighted by atomic mass is 9.95. The van der Waals surface area contributed by atoms with Gasteiger partial charge < -0.3 is 20.1 Å². The molecule has 0 unspecified atom stereocenters. The first kappa shape index (κ1) is 22.9. The molecule has 0 saturated heterocycles. The van der Waals surface area contributed by atoms with Gasteiger partial charge in [0.1, 0.15) is 5.75 Å². The summed E-state index contributed by atoms with van der Waals surface area (Å²) >= 11 is 0. The Balaban J connectivity index is 1.87. The topological polar surface area (TPSA) is 93.7 Å². The van der Waals surface area contributed by atoms with E-state index in [-0.39, 0.29) is 39.8 Å². The van der Waals surface area contributed by atoms with E-state index in [2.05, 4.69) is 10.6 Å². The molecule has 7 nitrogen and oxygen atoms in total. The van der Waals surface area contributed by atoms with Crippen LogP contribution in [-0.2, 0) is 14.6 Å². The number of nitrogens with one attached hydrogen (secondary N) is 2. The number of ether oxygens (including phenoxy) is 2. The lowest BCUT2D eigenvalue weighted by Gasteiger charge is -2.23. The fraction of sp³-hybridized carbons (Fsp3) is 0.435. The van der Waals surface area contributed by atoms with Crippen molar-refractivity contribution in [3.05, 3.63) is 42.0 Å². The van der Waals surface area contributed by atoms with E-state index >= 15 is 0 Å². The molecule has 0 aromatic heterocycles. The molecule has 31 heavy (non-hydrogen) atoms. The number of carbonyl (C=O) groups is 1. The summed E-state index contributed by atoms with van der Waals surface area (Å²) in [6, 6.07) is 10.0. The molecule has 2 N–H and O–H groups in total. The van der Waals surface area contributed by atoms with Crippen LogP contribution in [-0.4, -0.2) is 41.1 Å². The molecular weight excluding hydrogens is 416 g/mol. The summed E-state index contributed by atoms with van der Waals surface area (Å²) in [4.78, 5) is 12.5.